The highest BCUT2D eigenvalue weighted by atomic mass is 32.2. The number of amides is 1. The van der Waals surface area contributed by atoms with E-state index < -0.39 is 16.1 Å². The first-order chi connectivity index (χ1) is 11.9. The number of methoxy groups -OCH3 is 1. The highest BCUT2D eigenvalue weighted by Gasteiger charge is 2.35. The van der Waals surface area contributed by atoms with E-state index in [0.717, 1.165) is 9.87 Å². The molecule has 0 radical (unpaired) electrons. The summed E-state index contributed by atoms with van der Waals surface area (Å²) in [6.45, 7) is -0.354. The van der Waals surface area contributed by atoms with E-state index in [4.69, 9.17) is 4.74 Å². The first-order valence-corrected chi connectivity index (χ1v) is 9.07. The lowest BCUT2D eigenvalue weighted by Crippen LogP contribution is -2.29. The van der Waals surface area contributed by atoms with Crippen molar-refractivity contribution in [3.63, 3.8) is 0 Å². The number of carbonyl (C=O) groups is 1. The molecule has 1 unspecified atom stereocenters. The van der Waals surface area contributed by atoms with Gasteiger partial charge in [-0.25, -0.2) is 9.03 Å². The van der Waals surface area contributed by atoms with Crippen LogP contribution in [-0.2, 0) is 26.2 Å². The van der Waals surface area contributed by atoms with Gasteiger partial charge in [-0.1, -0.05) is 36.4 Å². The molecule has 1 heterocycles. The molecule has 1 saturated heterocycles. The van der Waals surface area contributed by atoms with Crippen LogP contribution < -0.4 is 9.03 Å². The van der Waals surface area contributed by atoms with E-state index in [2.05, 4.69) is 0 Å². The van der Waals surface area contributed by atoms with Crippen LogP contribution in [-0.4, -0.2) is 33.1 Å². The van der Waals surface area contributed by atoms with E-state index in [0.29, 0.717) is 12.0 Å². The summed E-state index contributed by atoms with van der Waals surface area (Å²) in [6.07, 6.45) is 0.315. The van der Waals surface area contributed by atoms with Crippen molar-refractivity contribution < 1.29 is 23.1 Å². The van der Waals surface area contributed by atoms with Crippen molar-refractivity contribution in [1.29, 1.82) is 0 Å². The second-order valence-corrected chi connectivity index (χ2v) is 7.29. The number of aromatic hydroxyl groups is 1. The van der Waals surface area contributed by atoms with E-state index in [-0.39, 0.29) is 24.1 Å². The first-order valence-electron chi connectivity index (χ1n) is 7.63. The number of benzene rings is 2. The zero-order chi connectivity index (χ0) is 18.0. The van der Waals surface area contributed by atoms with Crippen LogP contribution in [0.1, 0.15) is 17.2 Å². The Morgan fingerprint density at radius 1 is 1.24 bits per heavy atom. The molecule has 7 nitrogen and oxygen atoms in total. The van der Waals surface area contributed by atoms with Gasteiger partial charge in [-0.15, -0.1) is 0 Å². The Hall–Kier alpha value is -2.58. The molecule has 0 spiro atoms. The predicted molar refractivity (Wildman–Crippen MR) is 92.4 cm³/mol. The minimum absolute atomic E-state index is 0.0525. The minimum atomic E-state index is -3.96. The lowest BCUT2D eigenvalue weighted by Gasteiger charge is -2.20. The number of ether oxygens (including phenoxy) is 1. The van der Waals surface area contributed by atoms with Gasteiger partial charge < -0.3 is 9.84 Å². The van der Waals surface area contributed by atoms with E-state index >= 15 is 0 Å². The normalized spacial score (nSPS) is 17.3. The molecule has 1 atom stereocenters. The first kappa shape index (κ1) is 17.2. The summed E-state index contributed by atoms with van der Waals surface area (Å²) >= 11 is 0. The molecule has 8 heteroatoms. The average Bonchev–Trinajstić information content (AvgIpc) is 2.85. The van der Waals surface area contributed by atoms with E-state index in [1.165, 1.54) is 12.1 Å². The third kappa shape index (κ3) is 3.59. The van der Waals surface area contributed by atoms with Crippen molar-refractivity contribution in [2.24, 2.45) is 0 Å². The summed E-state index contributed by atoms with van der Waals surface area (Å²) in [5.74, 6) is -0.866. The molecule has 2 aromatic carbocycles. The fourth-order valence-corrected chi connectivity index (χ4v) is 3.94. The van der Waals surface area contributed by atoms with Crippen LogP contribution in [0.4, 0.5) is 5.69 Å². The Bertz CT molecular complexity index is 883. The lowest BCUT2D eigenvalue weighted by molar-refractivity contribution is -0.117. The fourth-order valence-electron chi connectivity index (χ4n) is 2.78. The maximum atomic E-state index is 11.9. The Morgan fingerprint density at radius 2 is 1.96 bits per heavy atom. The number of carbonyl (C=O) groups excluding carboxylic acids is 1. The SMILES string of the molecule is COC(Cc1ccccc1)c1ccc(N2CC(=O)NS2(=O)=O)c(O)c1. The molecule has 1 aliphatic rings. The van der Waals surface area contributed by atoms with Gasteiger partial charge in [0.05, 0.1) is 11.8 Å². The zero-order valence-corrected chi connectivity index (χ0v) is 14.4. The van der Waals surface area contributed by atoms with Crippen LogP contribution in [0, 0.1) is 0 Å². The van der Waals surface area contributed by atoms with Crippen molar-refractivity contribution in [2.45, 2.75) is 12.5 Å². The number of nitrogens with zero attached hydrogens (tertiary/aromatic N) is 1. The van der Waals surface area contributed by atoms with Crippen molar-refractivity contribution in [3.8, 4) is 5.75 Å². The Morgan fingerprint density at radius 3 is 2.52 bits per heavy atom. The van der Waals surface area contributed by atoms with Gasteiger partial charge in [0.15, 0.2) is 0 Å². The molecule has 1 amide bonds. The molecule has 1 aliphatic heterocycles. The second kappa shape index (κ2) is 6.73. The van der Waals surface area contributed by atoms with E-state index in [9.17, 15) is 18.3 Å². The van der Waals surface area contributed by atoms with Gasteiger partial charge in [0.25, 0.3) is 5.91 Å². The number of phenols is 1. The summed E-state index contributed by atoms with van der Waals surface area (Å²) in [5.41, 5.74) is 1.84. The predicted octanol–water partition coefficient (Wildman–Crippen LogP) is 1.50. The van der Waals surface area contributed by atoms with Gasteiger partial charge in [0.1, 0.15) is 12.3 Å². The molecule has 1 fully saturated rings. The standard InChI is InChI=1S/C17H18N2O5S/c1-24-16(9-12-5-3-2-4-6-12)13-7-8-14(15(20)10-13)19-11-17(21)18-25(19,22)23/h2-8,10,16,20H,9,11H2,1H3,(H,18,21). The third-order valence-electron chi connectivity index (χ3n) is 4.01. The quantitative estimate of drug-likeness (QED) is 0.840. The molecule has 132 valence electrons. The molecule has 25 heavy (non-hydrogen) atoms. The highest BCUT2D eigenvalue weighted by Crippen LogP contribution is 2.34. The van der Waals surface area contributed by atoms with Gasteiger partial charge in [-0.2, -0.15) is 8.42 Å². The smallest absolute Gasteiger partial charge is 0.326 e. The van der Waals surface area contributed by atoms with Crippen LogP contribution in [0.3, 0.4) is 0 Å². The van der Waals surface area contributed by atoms with Crippen LogP contribution in [0.15, 0.2) is 48.5 Å². The van der Waals surface area contributed by atoms with Crippen molar-refractivity contribution in [3.05, 3.63) is 59.7 Å². The van der Waals surface area contributed by atoms with Gasteiger partial charge in [-0.3, -0.25) is 4.79 Å². The maximum Gasteiger partial charge on any atom is 0.326 e. The summed E-state index contributed by atoms with van der Waals surface area (Å²) in [5, 5.41) is 10.3. The number of hydrogen-bond acceptors (Lipinski definition) is 5. The van der Waals surface area contributed by atoms with Crippen molar-refractivity contribution >= 4 is 21.8 Å². The molecule has 0 bridgehead atoms. The summed E-state index contributed by atoms with van der Waals surface area (Å²) in [6, 6.07) is 14.4. The third-order valence-corrected chi connectivity index (χ3v) is 5.40. The molecule has 3 rings (SSSR count). The largest absolute Gasteiger partial charge is 0.506 e. The van der Waals surface area contributed by atoms with Crippen LogP contribution in [0.25, 0.3) is 0 Å². The van der Waals surface area contributed by atoms with Crippen LogP contribution in [0.5, 0.6) is 5.75 Å². The number of nitrogens with one attached hydrogen (secondary N) is 1. The molecular weight excluding hydrogens is 344 g/mol. The Balaban J connectivity index is 1.87. The van der Waals surface area contributed by atoms with Gasteiger partial charge in [0, 0.05) is 13.5 Å². The highest BCUT2D eigenvalue weighted by molar-refractivity contribution is 7.92. The average molecular weight is 362 g/mol. The van der Waals surface area contributed by atoms with Crippen LogP contribution in [0.2, 0.25) is 0 Å². The second-order valence-electron chi connectivity index (χ2n) is 5.70. The van der Waals surface area contributed by atoms with E-state index in [1.54, 1.807) is 13.2 Å². The Labute approximate surface area is 146 Å². The zero-order valence-electron chi connectivity index (χ0n) is 13.5. The van der Waals surface area contributed by atoms with Crippen LogP contribution >= 0.6 is 0 Å². The van der Waals surface area contributed by atoms with E-state index in [1.807, 2.05) is 35.1 Å². The fraction of sp³-hybridized carbons (Fsp3) is 0.235. The molecular formula is C17H18N2O5S. The molecule has 2 aromatic rings. The monoisotopic (exact) mass is 362 g/mol. The summed E-state index contributed by atoms with van der Waals surface area (Å²) in [7, 11) is -2.38. The number of hydrogen-bond donors (Lipinski definition) is 2. The maximum absolute atomic E-state index is 11.9. The molecule has 0 aromatic heterocycles. The summed E-state index contributed by atoms with van der Waals surface area (Å²) < 4.78 is 32.0. The topological polar surface area (TPSA) is 95.9 Å². The van der Waals surface area contributed by atoms with Gasteiger partial charge in [0.2, 0.25) is 0 Å². The minimum Gasteiger partial charge on any atom is -0.506 e. The molecule has 0 aliphatic carbocycles. The molecule has 2 N–H and O–H groups in total. The molecule has 0 saturated carbocycles. The van der Waals surface area contributed by atoms with Crippen molar-refractivity contribution in [2.75, 3.05) is 18.0 Å². The summed E-state index contributed by atoms with van der Waals surface area (Å²) in [4.78, 5) is 11.3. The number of anilines is 1. The number of phenolic OH excluding ortho intramolecular Hbond substituents is 1. The van der Waals surface area contributed by atoms with Gasteiger partial charge >= 0.3 is 10.2 Å². The van der Waals surface area contributed by atoms with Crippen molar-refractivity contribution in [1.82, 2.24) is 4.72 Å². The lowest BCUT2D eigenvalue weighted by atomic mass is 10.0. The number of rotatable bonds is 5. The van der Waals surface area contributed by atoms with Gasteiger partial charge in [-0.05, 0) is 23.3 Å². The Kier molecular flexibility index (Phi) is 4.65.